The van der Waals surface area contributed by atoms with Gasteiger partial charge in [-0.05, 0) is 0 Å². The van der Waals surface area contributed by atoms with Crippen molar-refractivity contribution < 1.29 is 0 Å². The van der Waals surface area contributed by atoms with Crippen LogP contribution in [-0.4, -0.2) is 42.2 Å². The molecule has 0 saturated carbocycles. The van der Waals surface area contributed by atoms with Crippen molar-refractivity contribution in [3.05, 3.63) is 31.5 Å². The van der Waals surface area contributed by atoms with Gasteiger partial charge in [0, 0.05) is 41.3 Å². The van der Waals surface area contributed by atoms with Crippen molar-refractivity contribution in [3.63, 3.8) is 0 Å². The molecule has 1 aromatic heterocycles. The van der Waals surface area contributed by atoms with Crippen LogP contribution in [0, 0.1) is 0 Å². The van der Waals surface area contributed by atoms with Crippen LogP contribution in [0.4, 0.5) is 0 Å². The summed E-state index contributed by atoms with van der Waals surface area (Å²) in [6, 6.07) is 0. The third kappa shape index (κ3) is 2.11. The number of aromatic nitrogens is 3. The molecule has 1 rings (SSSR count). The van der Waals surface area contributed by atoms with Gasteiger partial charge in [-0.1, -0.05) is 0 Å². The Balaban J connectivity index is 0.00000121. The SMILES string of the molecule is O=c1[nH]c(=O)n(Br)c(=O)n1Cl.[Na]. The minimum Gasteiger partial charge on any atom is -0.257 e. The molecule has 12 heavy (non-hydrogen) atoms. The number of H-pyrrole nitrogens is 1. The molecule has 0 saturated heterocycles. The Hall–Kier alpha value is 0.180. The van der Waals surface area contributed by atoms with Gasteiger partial charge < -0.3 is 0 Å². The van der Waals surface area contributed by atoms with Crippen LogP contribution in [0.15, 0.2) is 14.4 Å². The molecule has 0 spiro atoms. The summed E-state index contributed by atoms with van der Waals surface area (Å²) in [6.07, 6.45) is 0. The van der Waals surface area contributed by atoms with E-state index in [1.807, 2.05) is 0 Å². The molecule has 0 aliphatic carbocycles. The first-order valence-corrected chi connectivity index (χ1v) is 3.39. The fraction of sp³-hybridized carbons (Fsp3) is 0. The smallest absolute Gasteiger partial charge is 0.257 e. The number of nitrogens with one attached hydrogen (secondary N) is 1. The molecular formula is C3HBrClN3NaO3. The second-order valence-corrected chi connectivity index (χ2v) is 2.63. The van der Waals surface area contributed by atoms with E-state index < -0.39 is 17.1 Å². The van der Waals surface area contributed by atoms with Crippen molar-refractivity contribution in [1.82, 2.24) is 12.7 Å². The Kier molecular flexibility index (Phi) is 4.49. The van der Waals surface area contributed by atoms with E-state index >= 15 is 0 Å². The zero-order chi connectivity index (χ0) is 8.59. The fourth-order valence-corrected chi connectivity index (χ4v) is 0.897. The van der Waals surface area contributed by atoms with E-state index in [2.05, 4.69) is 16.1 Å². The number of nitrogens with zero attached hydrogens (tertiary/aromatic N) is 2. The van der Waals surface area contributed by atoms with Crippen LogP contribution in [0.5, 0.6) is 0 Å². The van der Waals surface area contributed by atoms with E-state index in [0.29, 0.717) is 3.59 Å². The van der Waals surface area contributed by atoms with Gasteiger partial charge in [-0.15, -0.1) is 0 Å². The van der Waals surface area contributed by atoms with E-state index in [-0.39, 0.29) is 33.6 Å². The zero-order valence-corrected chi connectivity index (χ0v) is 10.2. The normalized spacial score (nSPS) is 9.17. The van der Waals surface area contributed by atoms with Gasteiger partial charge >= 0.3 is 17.1 Å². The Bertz CT molecular complexity index is 410. The minimum atomic E-state index is -0.961. The average molecular weight is 265 g/mol. The summed E-state index contributed by atoms with van der Waals surface area (Å²) in [6.45, 7) is 0. The summed E-state index contributed by atoms with van der Waals surface area (Å²) >= 11 is 7.71. The molecule has 1 radical (unpaired) electrons. The van der Waals surface area contributed by atoms with Gasteiger partial charge in [-0.3, -0.25) is 4.98 Å². The first-order valence-electron chi connectivity index (χ1n) is 2.34. The molecule has 1 heterocycles. The summed E-state index contributed by atoms with van der Waals surface area (Å²) in [4.78, 5) is 33.7. The molecule has 9 heteroatoms. The van der Waals surface area contributed by atoms with Crippen molar-refractivity contribution in [1.29, 1.82) is 0 Å². The second kappa shape index (κ2) is 4.43. The molecule has 0 aliphatic heterocycles. The van der Waals surface area contributed by atoms with Crippen LogP contribution < -0.4 is 17.1 Å². The Morgan fingerprint density at radius 1 is 1.25 bits per heavy atom. The predicted octanol–water partition coefficient (Wildman–Crippen LogP) is -1.52. The van der Waals surface area contributed by atoms with Crippen LogP contribution >= 0.6 is 27.9 Å². The van der Waals surface area contributed by atoms with E-state index in [0.717, 1.165) is 0 Å². The van der Waals surface area contributed by atoms with Gasteiger partial charge in [0.1, 0.15) is 0 Å². The average Bonchev–Trinajstić information content (AvgIpc) is 1.97. The molecule has 61 valence electrons. The molecule has 1 aromatic rings. The molecule has 0 aliphatic rings. The topological polar surface area (TPSA) is 76.9 Å². The third-order valence-electron chi connectivity index (χ3n) is 0.906. The summed E-state index contributed by atoms with van der Waals surface area (Å²) < 4.78 is 0.748. The van der Waals surface area contributed by atoms with E-state index in [1.165, 1.54) is 0 Å². The van der Waals surface area contributed by atoms with Crippen LogP contribution in [0.25, 0.3) is 0 Å². The van der Waals surface area contributed by atoms with Crippen molar-refractivity contribution in [2.24, 2.45) is 0 Å². The standard InChI is InChI=1S/C3HBrClN3O3.Na/c4-7-1(9)6-2(10)8(5)3(7)11;/h(H,6,9,10);. The Morgan fingerprint density at radius 3 is 2.25 bits per heavy atom. The number of aromatic amines is 1. The van der Waals surface area contributed by atoms with Crippen LogP contribution in [0.1, 0.15) is 0 Å². The third-order valence-corrected chi connectivity index (χ3v) is 1.83. The number of rotatable bonds is 0. The van der Waals surface area contributed by atoms with Gasteiger partial charge in [0.15, 0.2) is 0 Å². The summed E-state index contributed by atoms with van der Waals surface area (Å²) in [5, 5.41) is 0. The van der Waals surface area contributed by atoms with Gasteiger partial charge in [0.05, 0.1) is 16.1 Å². The zero-order valence-electron chi connectivity index (χ0n) is 5.88. The maximum absolute atomic E-state index is 10.7. The van der Waals surface area contributed by atoms with Crippen molar-refractivity contribution in [2.45, 2.75) is 0 Å². The molecule has 0 unspecified atom stereocenters. The molecule has 0 fully saturated rings. The minimum absolute atomic E-state index is 0. The summed E-state index contributed by atoms with van der Waals surface area (Å²) in [5.74, 6) is 0. The Labute approximate surface area is 101 Å². The van der Waals surface area contributed by atoms with E-state index in [9.17, 15) is 14.4 Å². The number of halogens is 2. The summed E-state index contributed by atoms with van der Waals surface area (Å²) in [7, 11) is 0. The predicted molar refractivity (Wildman–Crippen MR) is 46.9 cm³/mol. The molecule has 0 atom stereocenters. The quantitative estimate of drug-likeness (QED) is 0.579. The molecule has 1 N–H and O–H groups in total. The first kappa shape index (κ1) is 12.2. The van der Waals surface area contributed by atoms with E-state index in [4.69, 9.17) is 11.8 Å². The van der Waals surface area contributed by atoms with Crippen LogP contribution in [0.2, 0.25) is 0 Å². The summed E-state index contributed by atoms with van der Waals surface area (Å²) in [5.41, 5.74) is -2.77. The van der Waals surface area contributed by atoms with E-state index in [1.54, 1.807) is 4.98 Å². The van der Waals surface area contributed by atoms with Gasteiger partial charge in [-0.25, -0.2) is 14.4 Å². The monoisotopic (exact) mass is 264 g/mol. The fourth-order valence-electron chi connectivity index (χ4n) is 0.440. The van der Waals surface area contributed by atoms with Gasteiger partial charge in [0.2, 0.25) is 0 Å². The van der Waals surface area contributed by atoms with Crippen LogP contribution in [0.3, 0.4) is 0 Å². The molecule has 6 nitrogen and oxygen atoms in total. The van der Waals surface area contributed by atoms with Crippen molar-refractivity contribution >= 4 is 57.5 Å². The molecule has 0 bridgehead atoms. The Morgan fingerprint density at radius 2 is 1.75 bits per heavy atom. The first-order chi connectivity index (χ1) is 5.04. The second-order valence-electron chi connectivity index (χ2n) is 1.58. The number of hydrogen-bond donors (Lipinski definition) is 1. The van der Waals surface area contributed by atoms with Crippen molar-refractivity contribution in [3.8, 4) is 0 Å². The maximum Gasteiger partial charge on any atom is 0.361 e. The maximum atomic E-state index is 10.7. The largest absolute Gasteiger partial charge is 0.361 e. The number of hydrogen-bond acceptors (Lipinski definition) is 3. The van der Waals surface area contributed by atoms with Gasteiger partial charge in [0.25, 0.3) is 0 Å². The molecular weight excluding hydrogens is 264 g/mol. The van der Waals surface area contributed by atoms with Gasteiger partial charge in [-0.2, -0.15) is 7.68 Å². The van der Waals surface area contributed by atoms with Crippen LogP contribution in [-0.2, 0) is 0 Å². The molecule has 0 aromatic carbocycles. The molecule has 0 amide bonds. The van der Waals surface area contributed by atoms with Crippen molar-refractivity contribution in [2.75, 3.05) is 0 Å².